The third kappa shape index (κ3) is 4.90. The molecule has 0 aliphatic carbocycles. The summed E-state index contributed by atoms with van der Waals surface area (Å²) in [6, 6.07) is 15.6. The van der Waals surface area contributed by atoms with Gasteiger partial charge in [-0.2, -0.15) is 0 Å². The van der Waals surface area contributed by atoms with Crippen molar-refractivity contribution >= 4 is 29.3 Å². The van der Waals surface area contributed by atoms with Crippen molar-refractivity contribution in [2.75, 3.05) is 32.5 Å². The van der Waals surface area contributed by atoms with Gasteiger partial charge in [0.15, 0.2) is 0 Å². The van der Waals surface area contributed by atoms with Crippen LogP contribution in [0.15, 0.2) is 53.4 Å². The molecule has 1 N–H and O–H groups in total. The summed E-state index contributed by atoms with van der Waals surface area (Å²) >= 11 is 1.52. The maximum atomic E-state index is 13.2. The van der Waals surface area contributed by atoms with Crippen molar-refractivity contribution in [1.82, 2.24) is 9.80 Å². The van der Waals surface area contributed by atoms with Gasteiger partial charge >= 0.3 is 0 Å². The van der Waals surface area contributed by atoms with Crippen LogP contribution in [0.1, 0.15) is 22.8 Å². The van der Waals surface area contributed by atoms with E-state index < -0.39 is 0 Å². The Labute approximate surface area is 164 Å². The smallest absolute Gasteiger partial charge is 0.254 e. The van der Waals surface area contributed by atoms with Crippen LogP contribution in [-0.4, -0.2) is 54.0 Å². The first-order valence-electron chi connectivity index (χ1n) is 9.03. The molecule has 0 spiro atoms. The van der Waals surface area contributed by atoms with Crippen molar-refractivity contribution in [2.24, 2.45) is 0 Å². The third-order valence-corrected chi connectivity index (χ3v) is 5.66. The monoisotopic (exact) mass is 383 g/mol. The second-order valence-corrected chi connectivity index (χ2v) is 8.36. The Morgan fingerprint density at radius 1 is 1.11 bits per heavy atom. The van der Waals surface area contributed by atoms with E-state index >= 15 is 0 Å². The lowest BCUT2D eigenvalue weighted by Crippen LogP contribution is -2.36. The molecule has 0 bridgehead atoms. The van der Waals surface area contributed by atoms with Gasteiger partial charge in [0, 0.05) is 30.1 Å². The van der Waals surface area contributed by atoms with Gasteiger partial charge in [-0.1, -0.05) is 30.3 Å². The van der Waals surface area contributed by atoms with Gasteiger partial charge in [-0.25, -0.2) is 0 Å². The number of hydrogen-bond acceptors (Lipinski definition) is 4. The summed E-state index contributed by atoms with van der Waals surface area (Å²) in [5.74, 6) is -0.0489. The summed E-state index contributed by atoms with van der Waals surface area (Å²) in [6.45, 7) is 3.86. The van der Waals surface area contributed by atoms with Gasteiger partial charge in [0.05, 0.1) is 10.9 Å². The SMILES string of the molecule is CC1Sc2ccc(C(=O)N(CCN(C)C)Cc3ccccc3)cc2NC1=O. The molecule has 27 heavy (non-hydrogen) atoms. The first-order valence-corrected chi connectivity index (χ1v) is 9.91. The van der Waals surface area contributed by atoms with E-state index in [1.54, 1.807) is 6.07 Å². The minimum atomic E-state index is -0.117. The van der Waals surface area contributed by atoms with Crippen LogP contribution in [0.25, 0.3) is 0 Å². The summed E-state index contributed by atoms with van der Waals surface area (Å²) in [6.07, 6.45) is 0. The molecule has 1 heterocycles. The predicted octanol–water partition coefficient (Wildman–Crippen LogP) is 3.32. The van der Waals surface area contributed by atoms with Crippen LogP contribution < -0.4 is 5.32 Å². The summed E-state index contributed by atoms with van der Waals surface area (Å²) in [5.41, 5.74) is 2.42. The molecular weight excluding hydrogens is 358 g/mol. The minimum absolute atomic E-state index is 0.0224. The third-order valence-electron chi connectivity index (χ3n) is 4.48. The van der Waals surface area contributed by atoms with Crippen LogP contribution in [0.3, 0.4) is 0 Å². The number of carbonyl (C=O) groups excluding carboxylic acids is 2. The average molecular weight is 384 g/mol. The lowest BCUT2D eigenvalue weighted by molar-refractivity contribution is -0.115. The number of fused-ring (bicyclic) bond motifs is 1. The molecule has 1 aliphatic rings. The molecule has 6 heteroatoms. The largest absolute Gasteiger partial charge is 0.333 e. The van der Waals surface area contributed by atoms with E-state index in [9.17, 15) is 9.59 Å². The van der Waals surface area contributed by atoms with E-state index in [1.165, 1.54) is 11.8 Å². The summed E-state index contributed by atoms with van der Waals surface area (Å²) in [5, 5.41) is 2.79. The molecule has 0 aromatic heterocycles. The minimum Gasteiger partial charge on any atom is -0.333 e. The van der Waals surface area contributed by atoms with Crippen LogP contribution in [0, 0.1) is 0 Å². The lowest BCUT2D eigenvalue weighted by atomic mass is 10.1. The van der Waals surface area contributed by atoms with Crippen molar-refractivity contribution in [3.05, 3.63) is 59.7 Å². The zero-order valence-corrected chi connectivity index (χ0v) is 16.8. The van der Waals surface area contributed by atoms with Gasteiger partial charge in [-0.3, -0.25) is 9.59 Å². The van der Waals surface area contributed by atoms with E-state index in [2.05, 4.69) is 10.2 Å². The Kier molecular flexibility index (Phi) is 6.19. The van der Waals surface area contributed by atoms with Crippen molar-refractivity contribution in [3.63, 3.8) is 0 Å². The molecule has 1 unspecified atom stereocenters. The quantitative estimate of drug-likeness (QED) is 0.831. The fourth-order valence-electron chi connectivity index (χ4n) is 2.90. The van der Waals surface area contributed by atoms with Crippen molar-refractivity contribution in [3.8, 4) is 0 Å². The second kappa shape index (κ2) is 8.59. The molecule has 3 rings (SSSR count). The van der Waals surface area contributed by atoms with Crippen LogP contribution in [0.5, 0.6) is 0 Å². The Morgan fingerprint density at radius 3 is 2.56 bits per heavy atom. The highest BCUT2D eigenvalue weighted by molar-refractivity contribution is 8.00. The molecule has 0 radical (unpaired) electrons. The molecule has 2 aromatic carbocycles. The first-order chi connectivity index (χ1) is 12.9. The van der Waals surface area contributed by atoms with Crippen molar-refractivity contribution < 1.29 is 9.59 Å². The van der Waals surface area contributed by atoms with E-state index in [-0.39, 0.29) is 17.1 Å². The fraction of sp³-hybridized carbons (Fsp3) is 0.333. The maximum absolute atomic E-state index is 13.2. The van der Waals surface area contributed by atoms with E-state index in [4.69, 9.17) is 0 Å². The van der Waals surface area contributed by atoms with Crippen LogP contribution in [-0.2, 0) is 11.3 Å². The molecule has 1 atom stereocenters. The maximum Gasteiger partial charge on any atom is 0.254 e. The highest BCUT2D eigenvalue weighted by atomic mass is 32.2. The topological polar surface area (TPSA) is 52.7 Å². The van der Waals surface area contributed by atoms with Gasteiger partial charge in [-0.05, 0) is 44.8 Å². The summed E-state index contributed by atoms with van der Waals surface area (Å²) in [4.78, 5) is 30.1. The number of rotatable bonds is 6. The van der Waals surface area contributed by atoms with Gasteiger partial charge < -0.3 is 15.1 Å². The van der Waals surface area contributed by atoms with Crippen molar-refractivity contribution in [2.45, 2.75) is 23.6 Å². The van der Waals surface area contributed by atoms with Gasteiger partial charge in [0.25, 0.3) is 5.91 Å². The predicted molar refractivity (Wildman–Crippen MR) is 110 cm³/mol. The second-order valence-electron chi connectivity index (χ2n) is 6.98. The van der Waals surface area contributed by atoms with E-state index in [0.29, 0.717) is 18.7 Å². The standard InChI is InChI=1S/C21H25N3O2S/c1-15-20(25)22-18-13-17(9-10-19(18)27-15)21(26)24(12-11-23(2)3)14-16-7-5-4-6-8-16/h4-10,13,15H,11-12,14H2,1-3H3,(H,22,25). The lowest BCUT2D eigenvalue weighted by Gasteiger charge is -2.26. The van der Waals surface area contributed by atoms with Crippen molar-refractivity contribution in [1.29, 1.82) is 0 Å². The molecule has 2 aromatic rings. The van der Waals surface area contributed by atoms with Gasteiger partial charge in [0.1, 0.15) is 0 Å². The summed E-state index contributed by atoms with van der Waals surface area (Å²) in [7, 11) is 4.00. The Balaban J connectivity index is 1.82. The Bertz CT molecular complexity index is 823. The number of nitrogens with one attached hydrogen (secondary N) is 1. The number of benzene rings is 2. The zero-order chi connectivity index (χ0) is 19.4. The van der Waals surface area contributed by atoms with Crippen LogP contribution >= 0.6 is 11.8 Å². The Hall–Kier alpha value is -2.31. The number of thioether (sulfide) groups is 1. The number of carbonyl (C=O) groups is 2. The molecular formula is C21H25N3O2S. The highest BCUT2D eigenvalue weighted by Crippen LogP contribution is 2.36. The van der Waals surface area contributed by atoms with E-state index in [1.807, 2.05) is 68.4 Å². The fourth-order valence-corrected chi connectivity index (χ4v) is 3.83. The number of anilines is 1. The number of amides is 2. The van der Waals surface area contributed by atoms with Gasteiger partial charge in [0.2, 0.25) is 5.91 Å². The molecule has 2 amide bonds. The highest BCUT2D eigenvalue weighted by Gasteiger charge is 2.25. The molecule has 5 nitrogen and oxygen atoms in total. The Morgan fingerprint density at radius 2 is 1.85 bits per heavy atom. The molecule has 0 fully saturated rings. The van der Waals surface area contributed by atoms with E-state index in [0.717, 1.165) is 22.7 Å². The van der Waals surface area contributed by atoms with Gasteiger partial charge in [-0.15, -0.1) is 11.8 Å². The van der Waals surface area contributed by atoms with Crippen LogP contribution in [0.4, 0.5) is 5.69 Å². The number of nitrogens with zero attached hydrogens (tertiary/aromatic N) is 2. The van der Waals surface area contributed by atoms with Crippen LogP contribution in [0.2, 0.25) is 0 Å². The molecule has 1 aliphatic heterocycles. The molecule has 0 saturated heterocycles. The normalized spacial score (nSPS) is 16.0. The first kappa shape index (κ1) is 19.5. The summed E-state index contributed by atoms with van der Waals surface area (Å²) < 4.78 is 0. The molecule has 0 saturated carbocycles. The average Bonchev–Trinajstić information content (AvgIpc) is 2.66. The zero-order valence-electron chi connectivity index (χ0n) is 15.9. The molecule has 142 valence electrons. The number of hydrogen-bond donors (Lipinski definition) is 1. The number of likely N-dealkylation sites (N-methyl/N-ethyl adjacent to an activating group) is 1.